The number of carbonyl (C=O) groups excluding carboxylic acids is 1. The zero-order chi connectivity index (χ0) is 12.5. The van der Waals surface area contributed by atoms with Gasteiger partial charge in [-0.05, 0) is 37.1 Å². The number of hydrogen-bond acceptors (Lipinski definition) is 3. The zero-order valence-electron chi connectivity index (χ0n) is 9.44. The molecule has 1 N–H and O–H groups in total. The molecule has 4 nitrogen and oxygen atoms in total. The third-order valence-electron chi connectivity index (χ3n) is 2.28. The summed E-state index contributed by atoms with van der Waals surface area (Å²) >= 11 is 0. The number of hydrogen-bond donors (Lipinski definition) is 1. The molecule has 0 aliphatic rings. The van der Waals surface area contributed by atoms with Gasteiger partial charge in [0.15, 0.2) is 0 Å². The highest BCUT2D eigenvalue weighted by Gasteiger charge is 2.03. The van der Waals surface area contributed by atoms with Gasteiger partial charge in [-0.25, -0.2) is 0 Å². The SMILES string of the molecule is N#CCCCCNC(=O)c1ccc(C#N)cc1. The maximum atomic E-state index is 11.6. The maximum absolute atomic E-state index is 11.6. The van der Waals surface area contributed by atoms with Crippen molar-refractivity contribution in [2.75, 3.05) is 6.54 Å². The van der Waals surface area contributed by atoms with Crippen LogP contribution < -0.4 is 5.32 Å². The molecule has 0 saturated carbocycles. The van der Waals surface area contributed by atoms with Gasteiger partial charge in [-0.15, -0.1) is 0 Å². The number of unbranched alkanes of at least 4 members (excludes halogenated alkanes) is 2. The molecule has 0 radical (unpaired) electrons. The fourth-order valence-electron chi connectivity index (χ4n) is 1.33. The van der Waals surface area contributed by atoms with Gasteiger partial charge < -0.3 is 5.32 Å². The van der Waals surface area contributed by atoms with E-state index in [1.807, 2.05) is 6.07 Å². The summed E-state index contributed by atoms with van der Waals surface area (Å²) in [6, 6.07) is 10.5. The Balaban J connectivity index is 2.37. The van der Waals surface area contributed by atoms with Crippen LogP contribution in [0.25, 0.3) is 0 Å². The quantitative estimate of drug-likeness (QED) is 0.781. The van der Waals surface area contributed by atoms with Crippen LogP contribution in [-0.4, -0.2) is 12.5 Å². The lowest BCUT2D eigenvalue weighted by Gasteiger charge is -2.04. The minimum atomic E-state index is -0.147. The summed E-state index contributed by atoms with van der Waals surface area (Å²) in [4.78, 5) is 11.6. The average molecular weight is 227 g/mol. The lowest BCUT2D eigenvalue weighted by Crippen LogP contribution is -2.24. The fourth-order valence-corrected chi connectivity index (χ4v) is 1.33. The largest absolute Gasteiger partial charge is 0.352 e. The van der Waals surface area contributed by atoms with Gasteiger partial charge in [-0.1, -0.05) is 0 Å². The first kappa shape index (κ1) is 12.7. The second-order valence-electron chi connectivity index (χ2n) is 3.56. The molecule has 0 saturated heterocycles. The minimum Gasteiger partial charge on any atom is -0.352 e. The molecule has 0 aromatic heterocycles. The van der Waals surface area contributed by atoms with Crippen molar-refractivity contribution in [3.05, 3.63) is 35.4 Å². The van der Waals surface area contributed by atoms with Gasteiger partial charge in [-0.2, -0.15) is 10.5 Å². The summed E-state index contributed by atoms with van der Waals surface area (Å²) < 4.78 is 0. The Kier molecular flexibility index (Phi) is 5.27. The molecule has 0 atom stereocenters. The topological polar surface area (TPSA) is 76.7 Å². The highest BCUT2D eigenvalue weighted by Crippen LogP contribution is 2.03. The number of rotatable bonds is 5. The van der Waals surface area contributed by atoms with Crippen LogP contribution in [0, 0.1) is 22.7 Å². The van der Waals surface area contributed by atoms with E-state index in [-0.39, 0.29) is 5.91 Å². The van der Waals surface area contributed by atoms with E-state index in [9.17, 15) is 4.79 Å². The van der Waals surface area contributed by atoms with Crippen molar-refractivity contribution in [2.24, 2.45) is 0 Å². The zero-order valence-corrected chi connectivity index (χ0v) is 9.44. The third kappa shape index (κ3) is 4.36. The Morgan fingerprint density at radius 3 is 2.47 bits per heavy atom. The van der Waals surface area contributed by atoms with Crippen molar-refractivity contribution in [1.29, 1.82) is 10.5 Å². The second kappa shape index (κ2) is 7.03. The molecular formula is C13H13N3O. The van der Waals surface area contributed by atoms with Gasteiger partial charge in [0.25, 0.3) is 5.91 Å². The Morgan fingerprint density at radius 2 is 1.88 bits per heavy atom. The third-order valence-corrected chi connectivity index (χ3v) is 2.28. The summed E-state index contributed by atoms with van der Waals surface area (Å²) in [6.07, 6.45) is 2.12. The molecule has 1 amide bonds. The van der Waals surface area contributed by atoms with Crippen LogP contribution in [-0.2, 0) is 0 Å². The highest BCUT2D eigenvalue weighted by molar-refractivity contribution is 5.94. The Hall–Kier alpha value is -2.33. The van der Waals surface area contributed by atoms with Crippen LogP contribution in [0.3, 0.4) is 0 Å². The first-order chi connectivity index (χ1) is 8.27. The van der Waals surface area contributed by atoms with Gasteiger partial charge in [0.2, 0.25) is 0 Å². The first-order valence-electron chi connectivity index (χ1n) is 5.43. The molecule has 0 heterocycles. The van der Waals surface area contributed by atoms with Gasteiger partial charge in [0, 0.05) is 18.5 Å². The maximum Gasteiger partial charge on any atom is 0.251 e. The Morgan fingerprint density at radius 1 is 1.18 bits per heavy atom. The van der Waals surface area contributed by atoms with Crippen molar-refractivity contribution in [1.82, 2.24) is 5.32 Å². The van der Waals surface area contributed by atoms with Crippen LogP contribution in [0.15, 0.2) is 24.3 Å². The fraction of sp³-hybridized carbons (Fsp3) is 0.308. The predicted molar refractivity (Wildman–Crippen MR) is 63.0 cm³/mol. The average Bonchev–Trinajstić information content (AvgIpc) is 2.38. The van der Waals surface area contributed by atoms with Crippen LogP contribution in [0.2, 0.25) is 0 Å². The second-order valence-corrected chi connectivity index (χ2v) is 3.56. The van der Waals surface area contributed by atoms with Crippen molar-refractivity contribution in [2.45, 2.75) is 19.3 Å². The van der Waals surface area contributed by atoms with Crippen LogP contribution in [0.1, 0.15) is 35.2 Å². The standard InChI is InChI=1S/C13H13N3O/c14-8-2-1-3-9-16-13(17)12-6-4-11(10-15)5-7-12/h4-7H,1-3,9H2,(H,16,17). The molecule has 17 heavy (non-hydrogen) atoms. The molecule has 1 rings (SSSR count). The van der Waals surface area contributed by atoms with Crippen molar-refractivity contribution >= 4 is 5.91 Å². The molecule has 0 bridgehead atoms. The Labute approximate surface area is 100 Å². The van der Waals surface area contributed by atoms with Crippen LogP contribution in [0.4, 0.5) is 0 Å². The number of nitriles is 2. The van der Waals surface area contributed by atoms with E-state index in [0.29, 0.717) is 24.1 Å². The molecule has 4 heteroatoms. The molecule has 86 valence electrons. The number of carbonyl (C=O) groups is 1. The van der Waals surface area contributed by atoms with E-state index in [1.165, 1.54) is 0 Å². The van der Waals surface area contributed by atoms with Gasteiger partial charge in [0.1, 0.15) is 0 Å². The number of nitrogens with zero attached hydrogens (tertiary/aromatic N) is 2. The summed E-state index contributed by atoms with van der Waals surface area (Å²) in [6.45, 7) is 0.570. The van der Waals surface area contributed by atoms with E-state index in [1.54, 1.807) is 24.3 Å². The van der Waals surface area contributed by atoms with Crippen molar-refractivity contribution in [3.8, 4) is 12.1 Å². The van der Waals surface area contributed by atoms with E-state index in [4.69, 9.17) is 10.5 Å². The molecule has 0 unspecified atom stereocenters. The van der Waals surface area contributed by atoms with Crippen molar-refractivity contribution in [3.63, 3.8) is 0 Å². The Bertz CT molecular complexity index is 451. The number of nitrogens with one attached hydrogen (secondary N) is 1. The van der Waals surface area contributed by atoms with Crippen LogP contribution >= 0.6 is 0 Å². The molecule has 0 aliphatic heterocycles. The normalized spacial score (nSPS) is 9.06. The summed E-state index contributed by atoms with van der Waals surface area (Å²) in [5, 5.41) is 19.7. The lowest BCUT2D eigenvalue weighted by atomic mass is 10.1. The van der Waals surface area contributed by atoms with Crippen LogP contribution in [0.5, 0.6) is 0 Å². The predicted octanol–water partition coefficient (Wildman–Crippen LogP) is 1.98. The van der Waals surface area contributed by atoms with Gasteiger partial charge in [0.05, 0.1) is 17.7 Å². The van der Waals surface area contributed by atoms with Crippen molar-refractivity contribution < 1.29 is 4.79 Å². The molecular weight excluding hydrogens is 214 g/mol. The molecule has 0 spiro atoms. The van der Waals surface area contributed by atoms with E-state index < -0.39 is 0 Å². The van der Waals surface area contributed by atoms with Gasteiger partial charge >= 0.3 is 0 Å². The number of amides is 1. The molecule has 0 aliphatic carbocycles. The van der Waals surface area contributed by atoms with Gasteiger partial charge in [-0.3, -0.25) is 4.79 Å². The highest BCUT2D eigenvalue weighted by atomic mass is 16.1. The van der Waals surface area contributed by atoms with E-state index >= 15 is 0 Å². The summed E-state index contributed by atoms with van der Waals surface area (Å²) in [7, 11) is 0. The smallest absolute Gasteiger partial charge is 0.251 e. The minimum absolute atomic E-state index is 0.147. The molecule has 0 fully saturated rings. The van der Waals surface area contributed by atoms with E-state index in [2.05, 4.69) is 11.4 Å². The monoisotopic (exact) mass is 227 g/mol. The summed E-state index contributed by atoms with van der Waals surface area (Å²) in [5.74, 6) is -0.147. The van der Waals surface area contributed by atoms with E-state index in [0.717, 1.165) is 12.8 Å². The summed E-state index contributed by atoms with van der Waals surface area (Å²) in [5.41, 5.74) is 1.08. The first-order valence-corrected chi connectivity index (χ1v) is 5.43. The molecule has 1 aromatic carbocycles. The lowest BCUT2D eigenvalue weighted by molar-refractivity contribution is 0.0953. The molecule has 1 aromatic rings. The number of benzene rings is 1.